The van der Waals surface area contributed by atoms with Crippen molar-refractivity contribution < 1.29 is 24.2 Å². The highest BCUT2D eigenvalue weighted by molar-refractivity contribution is 5.87. The third kappa shape index (κ3) is 4.33. The van der Waals surface area contributed by atoms with E-state index in [1.54, 1.807) is 0 Å². The minimum absolute atomic E-state index is 0.0584. The zero-order valence-electron chi connectivity index (χ0n) is 18.1. The Morgan fingerprint density at radius 1 is 1.06 bits per heavy atom. The first kappa shape index (κ1) is 21.9. The fraction of sp³-hybridized carbons (Fsp3) is 0.400. The number of benzene rings is 2. The molecule has 0 bridgehead atoms. The molecule has 0 radical (unpaired) electrons. The van der Waals surface area contributed by atoms with E-state index in [1.807, 2.05) is 43.3 Å². The maximum Gasteiger partial charge on any atom is 0.407 e. The van der Waals surface area contributed by atoms with Crippen LogP contribution in [0.5, 0.6) is 0 Å². The third-order valence-electron chi connectivity index (χ3n) is 6.44. The van der Waals surface area contributed by atoms with Crippen molar-refractivity contribution >= 4 is 18.0 Å². The fourth-order valence-electron chi connectivity index (χ4n) is 4.34. The van der Waals surface area contributed by atoms with Gasteiger partial charge in [0.15, 0.2) is 0 Å². The minimum Gasteiger partial charge on any atom is -0.481 e. The molecule has 2 aliphatic rings. The number of nitrogens with one attached hydrogen (secondary N) is 2. The molecule has 1 saturated carbocycles. The van der Waals surface area contributed by atoms with Gasteiger partial charge in [-0.15, -0.1) is 0 Å². The summed E-state index contributed by atoms with van der Waals surface area (Å²) in [5, 5.41) is 14.6. The fourth-order valence-corrected chi connectivity index (χ4v) is 4.34. The van der Waals surface area contributed by atoms with E-state index in [4.69, 9.17) is 4.74 Å². The molecule has 0 unspecified atom stereocenters. The number of hydrogen-bond donors (Lipinski definition) is 3. The van der Waals surface area contributed by atoms with E-state index in [0.29, 0.717) is 25.7 Å². The predicted molar refractivity (Wildman–Crippen MR) is 119 cm³/mol. The Labute approximate surface area is 187 Å². The largest absolute Gasteiger partial charge is 0.481 e. The number of carboxylic acid groups (broad SMARTS) is 1. The summed E-state index contributed by atoms with van der Waals surface area (Å²) in [6, 6.07) is 15.4. The number of ether oxygens (including phenoxy) is 1. The molecule has 1 atom stereocenters. The van der Waals surface area contributed by atoms with Crippen LogP contribution in [0.3, 0.4) is 0 Å². The van der Waals surface area contributed by atoms with Gasteiger partial charge in [0.25, 0.3) is 0 Å². The molecular formula is C25H28N2O5. The van der Waals surface area contributed by atoms with Gasteiger partial charge in [0.2, 0.25) is 5.91 Å². The van der Waals surface area contributed by atoms with Gasteiger partial charge in [-0.25, -0.2) is 4.79 Å². The lowest BCUT2D eigenvalue weighted by Crippen LogP contribution is -2.48. The maximum absolute atomic E-state index is 12.6. The Hall–Kier alpha value is -3.35. The summed E-state index contributed by atoms with van der Waals surface area (Å²) >= 11 is 0. The first-order valence-electron chi connectivity index (χ1n) is 11.1. The second-order valence-corrected chi connectivity index (χ2v) is 8.61. The SMILES string of the molecule is CCC[C@@H](NC(=O)OCC1c2ccccc2-c2ccccc21)C(=O)NCC1(C(=O)O)CC1. The van der Waals surface area contributed by atoms with Crippen LogP contribution >= 0.6 is 0 Å². The first-order valence-corrected chi connectivity index (χ1v) is 11.1. The molecule has 2 amide bonds. The smallest absolute Gasteiger partial charge is 0.407 e. The number of amides is 2. The number of carbonyl (C=O) groups excluding carboxylic acids is 2. The van der Waals surface area contributed by atoms with Crippen LogP contribution in [-0.2, 0) is 14.3 Å². The van der Waals surface area contributed by atoms with Crippen LogP contribution in [0.25, 0.3) is 11.1 Å². The molecule has 1 fully saturated rings. The molecule has 0 spiro atoms. The Morgan fingerprint density at radius 2 is 1.66 bits per heavy atom. The summed E-state index contributed by atoms with van der Waals surface area (Å²) in [5.41, 5.74) is 3.68. The molecule has 2 aliphatic carbocycles. The van der Waals surface area contributed by atoms with Crippen LogP contribution in [0.2, 0.25) is 0 Å². The molecule has 0 aromatic heterocycles. The number of carboxylic acids is 1. The minimum atomic E-state index is -0.894. The van der Waals surface area contributed by atoms with Gasteiger partial charge < -0.3 is 20.5 Å². The summed E-state index contributed by atoms with van der Waals surface area (Å²) in [4.78, 5) is 36.4. The highest BCUT2D eigenvalue weighted by Crippen LogP contribution is 2.45. The van der Waals surface area contributed by atoms with Crippen LogP contribution in [0.1, 0.15) is 49.7 Å². The highest BCUT2D eigenvalue weighted by atomic mass is 16.5. The Bertz CT molecular complexity index is 985. The summed E-state index contributed by atoms with van der Waals surface area (Å²) < 4.78 is 5.54. The van der Waals surface area contributed by atoms with Crippen molar-refractivity contribution in [3.05, 3.63) is 59.7 Å². The standard InChI is InChI=1S/C25H28N2O5/c1-2-7-21(22(28)26-15-25(12-13-25)23(29)30)27-24(31)32-14-20-18-10-5-3-8-16(18)17-9-4-6-11-19(17)20/h3-6,8-11,20-21H,2,7,12-15H2,1H3,(H,26,28)(H,27,31)(H,29,30)/t21-/m1/s1. The van der Waals surface area contributed by atoms with E-state index in [-0.39, 0.29) is 25.0 Å². The quantitative estimate of drug-likeness (QED) is 0.556. The number of hydrogen-bond acceptors (Lipinski definition) is 4. The van der Waals surface area contributed by atoms with Crippen LogP contribution in [0, 0.1) is 5.41 Å². The summed E-state index contributed by atoms with van der Waals surface area (Å²) in [7, 11) is 0. The van der Waals surface area contributed by atoms with Crippen molar-refractivity contribution in [1.29, 1.82) is 0 Å². The second-order valence-electron chi connectivity index (χ2n) is 8.61. The molecule has 0 heterocycles. The van der Waals surface area contributed by atoms with E-state index in [1.165, 1.54) is 0 Å². The zero-order chi connectivity index (χ0) is 22.7. The normalized spacial score (nSPS) is 16.4. The monoisotopic (exact) mass is 436 g/mol. The predicted octanol–water partition coefficient (Wildman–Crippen LogP) is 3.67. The molecule has 7 heteroatoms. The van der Waals surface area contributed by atoms with Gasteiger partial charge in [-0.05, 0) is 41.5 Å². The second kappa shape index (κ2) is 9.02. The van der Waals surface area contributed by atoms with Crippen molar-refractivity contribution in [3.8, 4) is 11.1 Å². The molecule has 0 saturated heterocycles. The molecule has 4 rings (SSSR count). The lowest BCUT2D eigenvalue weighted by Gasteiger charge is -2.20. The Balaban J connectivity index is 1.36. The van der Waals surface area contributed by atoms with E-state index < -0.39 is 23.5 Å². The molecule has 2 aromatic rings. The van der Waals surface area contributed by atoms with Crippen molar-refractivity contribution in [2.24, 2.45) is 5.41 Å². The van der Waals surface area contributed by atoms with E-state index >= 15 is 0 Å². The van der Waals surface area contributed by atoms with Gasteiger partial charge in [0.05, 0.1) is 5.41 Å². The third-order valence-corrected chi connectivity index (χ3v) is 6.44. The van der Waals surface area contributed by atoms with Crippen molar-refractivity contribution in [2.45, 2.75) is 44.6 Å². The van der Waals surface area contributed by atoms with Gasteiger partial charge in [-0.1, -0.05) is 61.9 Å². The van der Waals surface area contributed by atoms with E-state index in [2.05, 4.69) is 22.8 Å². The topological polar surface area (TPSA) is 105 Å². The average Bonchev–Trinajstić information content (AvgIpc) is 3.53. The van der Waals surface area contributed by atoms with Gasteiger partial charge >= 0.3 is 12.1 Å². The number of fused-ring (bicyclic) bond motifs is 3. The number of carbonyl (C=O) groups is 3. The van der Waals surface area contributed by atoms with E-state index in [0.717, 1.165) is 22.3 Å². The van der Waals surface area contributed by atoms with Gasteiger partial charge in [0.1, 0.15) is 12.6 Å². The molecule has 168 valence electrons. The average molecular weight is 437 g/mol. The van der Waals surface area contributed by atoms with Crippen molar-refractivity contribution in [1.82, 2.24) is 10.6 Å². The van der Waals surface area contributed by atoms with Crippen LogP contribution in [0.4, 0.5) is 4.79 Å². The molecule has 32 heavy (non-hydrogen) atoms. The zero-order valence-corrected chi connectivity index (χ0v) is 18.1. The lowest BCUT2D eigenvalue weighted by molar-refractivity contribution is -0.143. The Kier molecular flexibility index (Phi) is 6.17. The van der Waals surface area contributed by atoms with Gasteiger partial charge in [-0.3, -0.25) is 9.59 Å². The highest BCUT2D eigenvalue weighted by Gasteiger charge is 2.50. The van der Waals surface area contributed by atoms with Crippen LogP contribution in [-0.4, -0.2) is 42.3 Å². The van der Waals surface area contributed by atoms with Crippen molar-refractivity contribution in [3.63, 3.8) is 0 Å². The Morgan fingerprint density at radius 3 is 2.19 bits per heavy atom. The van der Waals surface area contributed by atoms with Crippen LogP contribution in [0.15, 0.2) is 48.5 Å². The van der Waals surface area contributed by atoms with Gasteiger partial charge in [-0.2, -0.15) is 0 Å². The molecule has 2 aromatic carbocycles. The molecule has 0 aliphatic heterocycles. The van der Waals surface area contributed by atoms with Crippen LogP contribution < -0.4 is 10.6 Å². The number of aliphatic carboxylic acids is 1. The number of rotatable bonds is 9. The summed E-state index contributed by atoms with van der Waals surface area (Å²) in [5.74, 6) is -1.33. The first-order chi connectivity index (χ1) is 15.4. The molecular weight excluding hydrogens is 408 g/mol. The molecule has 3 N–H and O–H groups in total. The maximum atomic E-state index is 12.6. The van der Waals surface area contributed by atoms with Gasteiger partial charge in [0, 0.05) is 12.5 Å². The number of alkyl carbamates (subject to hydrolysis) is 1. The van der Waals surface area contributed by atoms with E-state index in [9.17, 15) is 19.5 Å². The lowest BCUT2D eigenvalue weighted by atomic mass is 9.98. The molecule has 7 nitrogen and oxygen atoms in total. The summed E-state index contributed by atoms with van der Waals surface area (Å²) in [6.45, 7) is 2.16. The van der Waals surface area contributed by atoms with Crippen molar-refractivity contribution in [2.75, 3.05) is 13.2 Å². The summed E-state index contributed by atoms with van der Waals surface area (Å²) in [6.07, 6.45) is 1.59.